The number of fused-ring (bicyclic) bond motifs is 1. The SMILES string of the molecule is Cc1cnc(N2CCC(N)CC2)c2ccccc12. The molecule has 2 aromatic rings. The molecule has 3 rings (SSSR count). The first kappa shape index (κ1) is 11.5. The van der Waals surface area contributed by atoms with E-state index in [-0.39, 0.29) is 0 Å². The van der Waals surface area contributed by atoms with Crippen molar-refractivity contribution in [2.24, 2.45) is 5.73 Å². The van der Waals surface area contributed by atoms with E-state index in [1.165, 1.54) is 16.3 Å². The average molecular weight is 241 g/mol. The lowest BCUT2D eigenvalue weighted by molar-refractivity contribution is 0.499. The highest BCUT2D eigenvalue weighted by Gasteiger charge is 2.19. The molecule has 18 heavy (non-hydrogen) atoms. The van der Waals surface area contributed by atoms with Crippen LogP contribution in [0.2, 0.25) is 0 Å². The minimum Gasteiger partial charge on any atom is -0.356 e. The Hall–Kier alpha value is -1.61. The van der Waals surface area contributed by atoms with Gasteiger partial charge in [0.05, 0.1) is 0 Å². The van der Waals surface area contributed by atoms with Crippen LogP contribution in [-0.4, -0.2) is 24.1 Å². The van der Waals surface area contributed by atoms with Gasteiger partial charge >= 0.3 is 0 Å². The summed E-state index contributed by atoms with van der Waals surface area (Å²) in [6, 6.07) is 8.87. The number of piperidine rings is 1. The lowest BCUT2D eigenvalue weighted by Crippen LogP contribution is -2.40. The Labute approximate surface area is 108 Å². The number of nitrogens with two attached hydrogens (primary N) is 1. The van der Waals surface area contributed by atoms with Crippen LogP contribution < -0.4 is 10.6 Å². The van der Waals surface area contributed by atoms with Crippen molar-refractivity contribution < 1.29 is 0 Å². The van der Waals surface area contributed by atoms with Crippen molar-refractivity contribution in [3.63, 3.8) is 0 Å². The summed E-state index contributed by atoms with van der Waals surface area (Å²) in [6.07, 6.45) is 4.10. The molecule has 2 N–H and O–H groups in total. The molecule has 1 fully saturated rings. The molecule has 3 nitrogen and oxygen atoms in total. The Bertz CT molecular complexity index is 557. The summed E-state index contributed by atoms with van der Waals surface area (Å²) in [5, 5.41) is 2.56. The normalized spacial score (nSPS) is 17.3. The zero-order valence-electron chi connectivity index (χ0n) is 10.8. The molecule has 0 unspecified atom stereocenters. The van der Waals surface area contributed by atoms with Gasteiger partial charge in [0.15, 0.2) is 0 Å². The average Bonchev–Trinajstić information content (AvgIpc) is 2.41. The molecular weight excluding hydrogens is 222 g/mol. The van der Waals surface area contributed by atoms with Gasteiger partial charge in [0.2, 0.25) is 0 Å². The second-order valence-corrected chi connectivity index (χ2v) is 5.13. The Kier molecular flexibility index (Phi) is 2.92. The minimum absolute atomic E-state index is 0.359. The molecule has 2 heterocycles. The number of benzene rings is 1. The maximum atomic E-state index is 5.96. The Morgan fingerprint density at radius 2 is 1.83 bits per heavy atom. The van der Waals surface area contributed by atoms with Crippen LogP contribution in [0.25, 0.3) is 10.8 Å². The summed E-state index contributed by atoms with van der Waals surface area (Å²) >= 11 is 0. The number of aromatic nitrogens is 1. The van der Waals surface area contributed by atoms with E-state index in [1.807, 2.05) is 6.20 Å². The molecule has 1 aliphatic rings. The van der Waals surface area contributed by atoms with Gasteiger partial charge in [-0.1, -0.05) is 24.3 Å². The van der Waals surface area contributed by atoms with E-state index >= 15 is 0 Å². The van der Waals surface area contributed by atoms with Crippen LogP contribution in [0.1, 0.15) is 18.4 Å². The molecule has 3 heteroatoms. The molecule has 0 bridgehead atoms. The monoisotopic (exact) mass is 241 g/mol. The second-order valence-electron chi connectivity index (χ2n) is 5.13. The fourth-order valence-corrected chi connectivity index (χ4v) is 2.68. The molecule has 0 spiro atoms. The summed E-state index contributed by atoms with van der Waals surface area (Å²) in [5.74, 6) is 1.11. The van der Waals surface area contributed by atoms with Gasteiger partial charge in [-0.15, -0.1) is 0 Å². The highest BCUT2D eigenvalue weighted by atomic mass is 15.2. The third-order valence-corrected chi connectivity index (χ3v) is 3.81. The van der Waals surface area contributed by atoms with E-state index in [4.69, 9.17) is 5.73 Å². The zero-order chi connectivity index (χ0) is 12.5. The molecule has 0 radical (unpaired) electrons. The molecule has 0 saturated carbocycles. The van der Waals surface area contributed by atoms with Gasteiger partial charge in [-0.25, -0.2) is 4.98 Å². The zero-order valence-corrected chi connectivity index (χ0v) is 10.8. The molecule has 0 aliphatic carbocycles. The smallest absolute Gasteiger partial charge is 0.136 e. The third-order valence-electron chi connectivity index (χ3n) is 3.81. The van der Waals surface area contributed by atoms with E-state index in [0.717, 1.165) is 31.7 Å². The van der Waals surface area contributed by atoms with Gasteiger partial charge in [0.25, 0.3) is 0 Å². The molecule has 1 aliphatic heterocycles. The van der Waals surface area contributed by atoms with Gasteiger partial charge in [0, 0.05) is 30.7 Å². The highest BCUT2D eigenvalue weighted by Crippen LogP contribution is 2.28. The van der Waals surface area contributed by atoms with Crippen molar-refractivity contribution in [1.29, 1.82) is 0 Å². The van der Waals surface area contributed by atoms with Crippen molar-refractivity contribution >= 4 is 16.6 Å². The quantitative estimate of drug-likeness (QED) is 0.834. The maximum absolute atomic E-state index is 5.96. The first-order chi connectivity index (χ1) is 8.75. The van der Waals surface area contributed by atoms with E-state index in [1.54, 1.807) is 0 Å². The van der Waals surface area contributed by atoms with Crippen molar-refractivity contribution in [2.75, 3.05) is 18.0 Å². The number of aryl methyl sites for hydroxylation is 1. The summed E-state index contributed by atoms with van der Waals surface area (Å²) in [7, 11) is 0. The van der Waals surface area contributed by atoms with Crippen molar-refractivity contribution in [1.82, 2.24) is 4.98 Å². The molecule has 1 aromatic heterocycles. The predicted octanol–water partition coefficient (Wildman–Crippen LogP) is 2.47. The lowest BCUT2D eigenvalue weighted by atomic mass is 10.0. The van der Waals surface area contributed by atoms with E-state index < -0.39 is 0 Å². The Morgan fingerprint density at radius 1 is 1.17 bits per heavy atom. The molecule has 1 aromatic carbocycles. The number of hydrogen-bond acceptors (Lipinski definition) is 3. The van der Waals surface area contributed by atoms with Gasteiger partial charge in [0.1, 0.15) is 5.82 Å². The van der Waals surface area contributed by atoms with Crippen LogP contribution in [0.4, 0.5) is 5.82 Å². The number of nitrogens with zero attached hydrogens (tertiary/aromatic N) is 2. The number of pyridine rings is 1. The predicted molar refractivity (Wildman–Crippen MR) is 75.9 cm³/mol. The van der Waals surface area contributed by atoms with Crippen LogP contribution in [0, 0.1) is 6.92 Å². The fourth-order valence-electron chi connectivity index (χ4n) is 2.68. The molecule has 0 amide bonds. The molecule has 94 valence electrons. The fraction of sp³-hybridized carbons (Fsp3) is 0.400. The first-order valence-corrected chi connectivity index (χ1v) is 6.60. The van der Waals surface area contributed by atoms with Gasteiger partial charge in [-0.3, -0.25) is 0 Å². The van der Waals surface area contributed by atoms with Gasteiger partial charge in [-0.2, -0.15) is 0 Å². The van der Waals surface area contributed by atoms with Crippen LogP contribution in [0.15, 0.2) is 30.5 Å². The number of anilines is 1. The topological polar surface area (TPSA) is 42.2 Å². The van der Waals surface area contributed by atoms with Gasteiger partial charge < -0.3 is 10.6 Å². The van der Waals surface area contributed by atoms with Crippen molar-refractivity contribution in [2.45, 2.75) is 25.8 Å². The van der Waals surface area contributed by atoms with Crippen molar-refractivity contribution in [3.05, 3.63) is 36.0 Å². The number of rotatable bonds is 1. The summed E-state index contributed by atoms with van der Waals surface area (Å²) in [6.45, 7) is 4.15. The Morgan fingerprint density at radius 3 is 2.56 bits per heavy atom. The second kappa shape index (κ2) is 4.58. The van der Waals surface area contributed by atoms with Crippen LogP contribution in [0.5, 0.6) is 0 Å². The summed E-state index contributed by atoms with van der Waals surface area (Å²) < 4.78 is 0. The summed E-state index contributed by atoms with van der Waals surface area (Å²) in [5.41, 5.74) is 7.20. The Balaban J connectivity index is 2.04. The molecule has 0 atom stereocenters. The van der Waals surface area contributed by atoms with E-state index in [9.17, 15) is 0 Å². The van der Waals surface area contributed by atoms with E-state index in [2.05, 4.69) is 41.1 Å². The van der Waals surface area contributed by atoms with E-state index in [0.29, 0.717) is 6.04 Å². The van der Waals surface area contributed by atoms with Crippen LogP contribution in [-0.2, 0) is 0 Å². The van der Waals surface area contributed by atoms with Gasteiger partial charge in [-0.05, 0) is 30.7 Å². The van der Waals surface area contributed by atoms with Crippen LogP contribution in [0.3, 0.4) is 0 Å². The maximum Gasteiger partial charge on any atom is 0.136 e. The lowest BCUT2D eigenvalue weighted by Gasteiger charge is -2.32. The molecule has 1 saturated heterocycles. The van der Waals surface area contributed by atoms with Crippen molar-refractivity contribution in [3.8, 4) is 0 Å². The first-order valence-electron chi connectivity index (χ1n) is 6.60. The highest BCUT2D eigenvalue weighted by molar-refractivity contribution is 5.94. The molecular formula is C15H19N3. The largest absolute Gasteiger partial charge is 0.356 e. The standard InChI is InChI=1S/C15H19N3/c1-11-10-17-15(14-5-3-2-4-13(11)14)18-8-6-12(16)7-9-18/h2-5,10,12H,6-9,16H2,1H3. The number of hydrogen-bond donors (Lipinski definition) is 1. The minimum atomic E-state index is 0.359. The summed E-state index contributed by atoms with van der Waals surface area (Å²) in [4.78, 5) is 7.01. The van der Waals surface area contributed by atoms with Crippen LogP contribution >= 0.6 is 0 Å². The third kappa shape index (κ3) is 1.95.